The first-order valence-corrected chi connectivity index (χ1v) is 7.71. The normalized spacial score (nSPS) is 15.9. The highest BCUT2D eigenvalue weighted by Gasteiger charge is 2.47. The van der Waals surface area contributed by atoms with Crippen LogP contribution in [0.4, 0.5) is 4.79 Å². The SMILES string of the molecule is Cc1ccccc1CN(CCO)C(=O)NC1(C(C)C)CC1. The van der Waals surface area contributed by atoms with Gasteiger partial charge in [-0.3, -0.25) is 0 Å². The van der Waals surface area contributed by atoms with E-state index in [0.29, 0.717) is 19.0 Å². The van der Waals surface area contributed by atoms with Gasteiger partial charge in [-0.05, 0) is 36.8 Å². The van der Waals surface area contributed by atoms with Crippen LogP contribution in [0.3, 0.4) is 0 Å². The van der Waals surface area contributed by atoms with E-state index in [9.17, 15) is 9.90 Å². The Morgan fingerprint density at radius 3 is 2.57 bits per heavy atom. The van der Waals surface area contributed by atoms with Gasteiger partial charge in [0, 0.05) is 18.6 Å². The molecule has 4 heteroatoms. The van der Waals surface area contributed by atoms with Crippen molar-refractivity contribution < 1.29 is 9.90 Å². The van der Waals surface area contributed by atoms with Crippen LogP contribution < -0.4 is 5.32 Å². The predicted molar refractivity (Wildman–Crippen MR) is 84.0 cm³/mol. The van der Waals surface area contributed by atoms with Gasteiger partial charge in [-0.2, -0.15) is 0 Å². The molecule has 1 aromatic carbocycles. The first-order valence-electron chi connectivity index (χ1n) is 7.71. The van der Waals surface area contributed by atoms with E-state index in [4.69, 9.17) is 0 Å². The van der Waals surface area contributed by atoms with Crippen LogP contribution >= 0.6 is 0 Å². The van der Waals surface area contributed by atoms with Gasteiger partial charge in [-0.15, -0.1) is 0 Å². The quantitative estimate of drug-likeness (QED) is 0.846. The van der Waals surface area contributed by atoms with Crippen molar-refractivity contribution >= 4 is 6.03 Å². The molecule has 0 spiro atoms. The summed E-state index contributed by atoms with van der Waals surface area (Å²) in [5.41, 5.74) is 2.25. The van der Waals surface area contributed by atoms with Crippen molar-refractivity contribution in [2.75, 3.05) is 13.2 Å². The van der Waals surface area contributed by atoms with Gasteiger partial charge in [0.1, 0.15) is 0 Å². The molecular formula is C17H26N2O2. The van der Waals surface area contributed by atoms with Gasteiger partial charge >= 0.3 is 6.03 Å². The highest BCUT2D eigenvalue weighted by atomic mass is 16.3. The fraction of sp³-hybridized carbons (Fsp3) is 0.588. The van der Waals surface area contributed by atoms with Crippen LogP contribution in [-0.2, 0) is 6.54 Å². The van der Waals surface area contributed by atoms with Crippen molar-refractivity contribution in [1.82, 2.24) is 10.2 Å². The Labute approximate surface area is 127 Å². The Bertz CT molecular complexity index is 495. The number of aryl methyl sites for hydroxylation is 1. The van der Waals surface area contributed by atoms with Gasteiger partial charge in [0.25, 0.3) is 0 Å². The fourth-order valence-corrected chi connectivity index (χ4v) is 2.64. The van der Waals surface area contributed by atoms with Crippen molar-refractivity contribution in [3.63, 3.8) is 0 Å². The van der Waals surface area contributed by atoms with Crippen LogP contribution in [0.25, 0.3) is 0 Å². The summed E-state index contributed by atoms with van der Waals surface area (Å²) in [6, 6.07) is 7.98. The highest BCUT2D eigenvalue weighted by molar-refractivity contribution is 5.75. The number of aliphatic hydroxyl groups is 1. The Hall–Kier alpha value is -1.55. The average molecular weight is 290 g/mol. The van der Waals surface area contributed by atoms with Crippen LogP contribution in [0.1, 0.15) is 37.8 Å². The summed E-state index contributed by atoms with van der Waals surface area (Å²) >= 11 is 0. The van der Waals surface area contributed by atoms with E-state index in [0.717, 1.165) is 18.4 Å². The van der Waals surface area contributed by atoms with Crippen LogP contribution in [0.15, 0.2) is 24.3 Å². The summed E-state index contributed by atoms with van der Waals surface area (Å²) < 4.78 is 0. The first-order chi connectivity index (χ1) is 9.98. The van der Waals surface area contributed by atoms with Crippen molar-refractivity contribution in [3.05, 3.63) is 35.4 Å². The third-order valence-corrected chi connectivity index (χ3v) is 4.53. The second-order valence-electron chi connectivity index (χ2n) is 6.31. The number of hydrogen-bond donors (Lipinski definition) is 2. The van der Waals surface area contributed by atoms with Crippen molar-refractivity contribution in [2.45, 2.75) is 45.7 Å². The largest absolute Gasteiger partial charge is 0.395 e. The zero-order valence-corrected chi connectivity index (χ0v) is 13.2. The summed E-state index contributed by atoms with van der Waals surface area (Å²) in [6.45, 7) is 7.20. The molecule has 1 aliphatic rings. The Balaban J connectivity index is 2.05. The van der Waals surface area contributed by atoms with Gasteiger partial charge in [0.2, 0.25) is 0 Å². The van der Waals surface area contributed by atoms with Gasteiger partial charge in [-0.25, -0.2) is 4.79 Å². The third-order valence-electron chi connectivity index (χ3n) is 4.53. The molecule has 21 heavy (non-hydrogen) atoms. The Morgan fingerprint density at radius 1 is 1.38 bits per heavy atom. The molecule has 0 bridgehead atoms. The minimum absolute atomic E-state index is 0.0199. The zero-order chi connectivity index (χ0) is 15.5. The van der Waals surface area contributed by atoms with E-state index in [1.807, 2.05) is 31.2 Å². The predicted octanol–water partition coefficient (Wildman–Crippen LogP) is 2.69. The van der Waals surface area contributed by atoms with Crippen molar-refractivity contribution in [2.24, 2.45) is 5.92 Å². The van der Waals surface area contributed by atoms with E-state index >= 15 is 0 Å². The van der Waals surface area contributed by atoms with Crippen LogP contribution in [0.5, 0.6) is 0 Å². The minimum atomic E-state index is -0.0708. The molecule has 2 amide bonds. The second kappa shape index (κ2) is 6.48. The summed E-state index contributed by atoms with van der Waals surface area (Å²) in [7, 11) is 0. The summed E-state index contributed by atoms with van der Waals surface area (Å²) in [6.07, 6.45) is 2.10. The molecule has 1 aliphatic carbocycles. The number of amides is 2. The zero-order valence-electron chi connectivity index (χ0n) is 13.2. The first kappa shape index (κ1) is 15.8. The third kappa shape index (κ3) is 3.76. The number of benzene rings is 1. The van der Waals surface area contributed by atoms with Gasteiger partial charge in [0.05, 0.1) is 6.61 Å². The molecule has 1 fully saturated rings. The number of carbonyl (C=O) groups excluding carboxylic acids is 1. The smallest absolute Gasteiger partial charge is 0.318 e. The number of nitrogens with one attached hydrogen (secondary N) is 1. The van der Waals surface area contributed by atoms with Gasteiger partial charge in [0.15, 0.2) is 0 Å². The molecule has 1 aromatic rings. The van der Waals surface area contributed by atoms with Crippen LogP contribution in [0, 0.1) is 12.8 Å². The molecular weight excluding hydrogens is 264 g/mol. The van der Waals surface area contributed by atoms with Gasteiger partial charge in [-0.1, -0.05) is 38.1 Å². The molecule has 4 nitrogen and oxygen atoms in total. The molecule has 0 aromatic heterocycles. The molecule has 2 rings (SSSR count). The van der Waals surface area contributed by atoms with Crippen molar-refractivity contribution in [1.29, 1.82) is 0 Å². The topological polar surface area (TPSA) is 52.6 Å². The summed E-state index contributed by atoms with van der Waals surface area (Å²) in [5, 5.41) is 12.4. The van der Waals surface area contributed by atoms with E-state index in [2.05, 4.69) is 19.2 Å². The number of carbonyl (C=O) groups is 1. The highest BCUT2D eigenvalue weighted by Crippen LogP contribution is 2.42. The molecule has 0 unspecified atom stereocenters. The lowest BCUT2D eigenvalue weighted by Gasteiger charge is -2.28. The number of nitrogens with zero attached hydrogens (tertiary/aromatic N) is 1. The van der Waals surface area contributed by atoms with E-state index in [-0.39, 0.29) is 18.2 Å². The lowest BCUT2D eigenvalue weighted by Crippen LogP contribution is -2.48. The summed E-state index contributed by atoms with van der Waals surface area (Å²) in [4.78, 5) is 14.2. The van der Waals surface area contributed by atoms with Crippen molar-refractivity contribution in [3.8, 4) is 0 Å². The molecule has 0 heterocycles. The second-order valence-corrected chi connectivity index (χ2v) is 6.31. The fourth-order valence-electron chi connectivity index (χ4n) is 2.64. The lowest BCUT2D eigenvalue weighted by molar-refractivity contribution is 0.166. The molecule has 0 saturated heterocycles. The van der Waals surface area contributed by atoms with Crippen LogP contribution in [-0.4, -0.2) is 34.7 Å². The maximum absolute atomic E-state index is 12.5. The number of aliphatic hydroxyl groups excluding tert-OH is 1. The van der Waals surface area contributed by atoms with Crippen LogP contribution in [0.2, 0.25) is 0 Å². The maximum atomic E-state index is 12.5. The molecule has 0 aliphatic heterocycles. The average Bonchev–Trinajstić information content (AvgIpc) is 3.21. The lowest BCUT2D eigenvalue weighted by atomic mass is 10.0. The molecule has 1 saturated carbocycles. The monoisotopic (exact) mass is 290 g/mol. The minimum Gasteiger partial charge on any atom is -0.395 e. The molecule has 116 valence electrons. The molecule has 0 atom stereocenters. The van der Waals surface area contributed by atoms with Gasteiger partial charge < -0.3 is 15.3 Å². The standard InChI is InChI=1S/C17H26N2O2/c1-13(2)17(8-9-17)18-16(21)19(10-11-20)12-15-7-5-4-6-14(15)3/h4-7,13,20H,8-12H2,1-3H3,(H,18,21). The van der Waals surface area contributed by atoms with E-state index in [1.165, 1.54) is 5.56 Å². The van der Waals surface area contributed by atoms with E-state index in [1.54, 1.807) is 4.90 Å². The molecule has 2 N–H and O–H groups in total. The number of hydrogen-bond acceptors (Lipinski definition) is 2. The molecule has 0 radical (unpaired) electrons. The summed E-state index contributed by atoms with van der Waals surface area (Å²) in [5.74, 6) is 0.441. The van der Waals surface area contributed by atoms with E-state index < -0.39 is 0 Å². The number of rotatable bonds is 6. The Morgan fingerprint density at radius 2 is 2.05 bits per heavy atom. The number of urea groups is 1. The maximum Gasteiger partial charge on any atom is 0.318 e. The Kier molecular flexibility index (Phi) is 4.88.